The van der Waals surface area contributed by atoms with E-state index < -0.39 is 96.1 Å². The highest BCUT2D eigenvalue weighted by molar-refractivity contribution is 5.92. The second kappa shape index (κ2) is 6.70. The summed E-state index contributed by atoms with van der Waals surface area (Å²) in [5, 5.41) is 22.9. The Hall–Kier alpha value is -1.60. The highest BCUT2D eigenvalue weighted by Crippen LogP contribution is 2.70. The zero-order valence-corrected chi connectivity index (χ0v) is 17.3. The van der Waals surface area contributed by atoms with Gasteiger partial charge in [0.25, 0.3) is 0 Å². The molecule has 0 amide bonds. The fourth-order valence-electron chi connectivity index (χ4n) is 6.48. The first-order valence-corrected chi connectivity index (χ1v) is 10.2. The summed E-state index contributed by atoms with van der Waals surface area (Å²) in [5.41, 5.74) is -8.75. The van der Waals surface area contributed by atoms with Gasteiger partial charge in [-0.05, 0) is 50.5 Å². The molecular formula is C23H31FO6. The average Bonchev–Trinajstić information content (AvgIpc) is 2.96. The summed E-state index contributed by atoms with van der Waals surface area (Å²) in [6.45, 7) is 0.447. The summed E-state index contributed by atoms with van der Waals surface area (Å²) in [6.07, 6.45) is -7.80. The van der Waals surface area contributed by atoms with Gasteiger partial charge in [0, 0.05) is 35.5 Å². The molecule has 0 bridgehead atoms. The second-order valence-corrected chi connectivity index (χ2v) is 9.53. The molecule has 30 heavy (non-hydrogen) atoms. The number of carbonyl (C=O) groups is 3. The monoisotopic (exact) mass is 428 g/mol. The molecule has 2 N–H and O–H groups in total. The Labute approximate surface area is 184 Å². The molecule has 4 rings (SSSR count). The van der Waals surface area contributed by atoms with Gasteiger partial charge in [0.15, 0.2) is 12.3 Å². The number of allylic oxidation sites excluding steroid dienone is 1. The van der Waals surface area contributed by atoms with Gasteiger partial charge >= 0.3 is 5.97 Å². The van der Waals surface area contributed by atoms with Crippen LogP contribution < -0.4 is 0 Å². The van der Waals surface area contributed by atoms with E-state index in [-0.39, 0.29) is 18.4 Å². The molecule has 0 aromatic rings. The number of hydrogen-bond donors (Lipinski definition) is 2. The third-order valence-corrected chi connectivity index (χ3v) is 8.22. The minimum absolute atomic E-state index is 0.00498. The average molecular weight is 429 g/mol. The number of Topliss-reactive ketones (excluding diaryl/α,β-unsaturated/α-hetero) is 1. The number of hydrogen-bond acceptors (Lipinski definition) is 6. The largest absolute Gasteiger partial charge is 0.458 e. The number of alkyl halides is 1. The van der Waals surface area contributed by atoms with E-state index in [2.05, 4.69) is 4.74 Å². The summed E-state index contributed by atoms with van der Waals surface area (Å²) in [5.74, 6) is -5.67. The maximum Gasteiger partial charge on any atom is 0.303 e. The standard InChI is InChI=1S/C23H31FO6/c1-13(25)30-12-19(28)22(29)9-7-16-17-5-4-14-10-15(26)6-8-20(14,2)23(17,24)18(27)11-21(16,22)3/h10,16-18,27,29H,4-9,11-12H2,1-3H3/t16-,17-,18-,20-,21-,22-,23-/m0/s1/i4D2,6D2,12D2. The molecule has 0 heterocycles. The fourth-order valence-corrected chi connectivity index (χ4v) is 6.48. The molecule has 6 nitrogen and oxygen atoms in total. The molecule has 0 unspecified atom stereocenters. The topological polar surface area (TPSA) is 101 Å². The van der Waals surface area contributed by atoms with Crippen molar-refractivity contribution in [1.82, 2.24) is 0 Å². The van der Waals surface area contributed by atoms with Crippen LogP contribution in [0.1, 0.15) is 73.8 Å². The van der Waals surface area contributed by atoms with E-state index in [4.69, 9.17) is 8.22 Å². The SMILES string of the molecule is [2H]C1([2H])C[C@@]2(C)C(=CC1=O)C([2H])([2H])C[C@H]1[C@@H]3CC[C@](O)(C(=O)C([2H])([2H])OC(C)=O)[C@@]3(C)C[C@H](O)[C@@]12F. The Kier molecular flexibility index (Phi) is 3.40. The Morgan fingerprint density at radius 3 is 2.67 bits per heavy atom. The molecule has 0 aromatic carbocycles. The first kappa shape index (κ1) is 15.2. The van der Waals surface area contributed by atoms with E-state index >= 15 is 4.39 Å². The van der Waals surface area contributed by atoms with E-state index in [1.54, 1.807) is 0 Å². The van der Waals surface area contributed by atoms with Crippen molar-refractivity contribution < 1.29 is 41.9 Å². The van der Waals surface area contributed by atoms with Crippen molar-refractivity contribution in [2.24, 2.45) is 22.7 Å². The normalized spacial score (nSPS) is 54.4. The van der Waals surface area contributed by atoms with Crippen molar-refractivity contribution in [3.05, 3.63) is 11.6 Å². The van der Waals surface area contributed by atoms with Crippen LogP contribution in [-0.4, -0.2) is 51.7 Å². The summed E-state index contributed by atoms with van der Waals surface area (Å²) in [7, 11) is 0. The maximum atomic E-state index is 17.4. The van der Waals surface area contributed by atoms with Crippen molar-refractivity contribution in [2.75, 3.05) is 6.56 Å². The van der Waals surface area contributed by atoms with Gasteiger partial charge in [0.2, 0.25) is 5.78 Å². The van der Waals surface area contributed by atoms with Gasteiger partial charge in [-0.25, -0.2) is 4.39 Å². The fraction of sp³-hybridized carbons (Fsp3) is 0.783. The van der Waals surface area contributed by atoms with Gasteiger partial charge in [-0.1, -0.05) is 19.4 Å². The molecule has 0 aliphatic heterocycles. The predicted octanol–water partition coefficient (Wildman–Crippen LogP) is 2.44. The first-order chi connectivity index (χ1) is 16.1. The number of ether oxygens (including phenoxy) is 1. The molecule has 7 heteroatoms. The first-order valence-electron chi connectivity index (χ1n) is 13.2. The number of carbonyl (C=O) groups excluding carboxylic acids is 3. The van der Waals surface area contributed by atoms with Gasteiger partial charge in [0.1, 0.15) is 11.3 Å². The van der Waals surface area contributed by atoms with Gasteiger partial charge in [0.05, 0.1) is 8.85 Å². The number of aliphatic hydroxyl groups excluding tert-OH is 1. The lowest BCUT2D eigenvalue weighted by atomic mass is 9.44. The molecule has 3 fully saturated rings. The van der Waals surface area contributed by atoms with Gasteiger partial charge in [-0.2, -0.15) is 0 Å². The van der Waals surface area contributed by atoms with Crippen molar-refractivity contribution >= 4 is 17.5 Å². The number of fused-ring (bicyclic) bond motifs is 5. The maximum absolute atomic E-state index is 17.4. The lowest BCUT2D eigenvalue weighted by Crippen LogP contribution is -2.69. The Morgan fingerprint density at radius 1 is 1.30 bits per heavy atom. The van der Waals surface area contributed by atoms with Crippen molar-refractivity contribution in [1.29, 1.82) is 0 Å². The third kappa shape index (κ3) is 2.57. The number of ketones is 2. The summed E-state index contributed by atoms with van der Waals surface area (Å²) in [6, 6.07) is 0. The lowest BCUT2D eigenvalue weighted by molar-refractivity contribution is -0.227. The summed E-state index contributed by atoms with van der Waals surface area (Å²) < 4.78 is 71.4. The number of halogens is 1. The van der Waals surface area contributed by atoms with E-state index in [1.165, 1.54) is 13.8 Å². The lowest BCUT2D eigenvalue weighted by Gasteiger charge is -2.63. The van der Waals surface area contributed by atoms with Crippen LogP contribution in [0.25, 0.3) is 0 Å². The second-order valence-electron chi connectivity index (χ2n) is 9.53. The zero-order valence-electron chi connectivity index (χ0n) is 23.3. The van der Waals surface area contributed by atoms with Crippen LogP contribution in [0.15, 0.2) is 11.6 Å². The minimum atomic E-state index is -3.18. The molecule has 4 aliphatic carbocycles. The van der Waals surface area contributed by atoms with Crippen LogP contribution in [0, 0.1) is 22.7 Å². The van der Waals surface area contributed by atoms with E-state index in [1.807, 2.05) is 0 Å². The van der Waals surface area contributed by atoms with Gasteiger partial charge in [-0.3, -0.25) is 14.4 Å². The van der Waals surface area contributed by atoms with Crippen LogP contribution in [0.5, 0.6) is 0 Å². The smallest absolute Gasteiger partial charge is 0.303 e. The number of esters is 1. The van der Waals surface area contributed by atoms with Gasteiger partial charge < -0.3 is 14.9 Å². The Balaban J connectivity index is 1.84. The third-order valence-electron chi connectivity index (χ3n) is 8.22. The summed E-state index contributed by atoms with van der Waals surface area (Å²) >= 11 is 0. The minimum Gasteiger partial charge on any atom is -0.458 e. The van der Waals surface area contributed by atoms with Crippen molar-refractivity contribution in [2.45, 2.75) is 83.0 Å². The molecule has 7 atom stereocenters. The van der Waals surface area contributed by atoms with E-state index in [0.717, 1.165) is 13.0 Å². The van der Waals surface area contributed by atoms with Gasteiger partial charge in [-0.15, -0.1) is 0 Å². The Bertz CT molecular complexity index is 1080. The van der Waals surface area contributed by atoms with Crippen LogP contribution >= 0.6 is 0 Å². The highest BCUT2D eigenvalue weighted by atomic mass is 19.1. The molecule has 0 aromatic heterocycles. The molecule has 3 saturated carbocycles. The van der Waals surface area contributed by atoms with Crippen molar-refractivity contribution in [3.63, 3.8) is 0 Å². The molecule has 166 valence electrons. The zero-order chi connectivity index (χ0) is 27.5. The van der Waals surface area contributed by atoms with Crippen LogP contribution in [0.3, 0.4) is 0 Å². The summed E-state index contributed by atoms with van der Waals surface area (Å²) in [4.78, 5) is 36.9. The van der Waals surface area contributed by atoms with E-state index in [0.29, 0.717) is 0 Å². The van der Waals surface area contributed by atoms with Crippen molar-refractivity contribution in [3.8, 4) is 0 Å². The van der Waals surface area contributed by atoms with E-state index in [9.17, 15) is 24.6 Å². The molecule has 0 radical (unpaired) electrons. The number of rotatable bonds is 3. The molecule has 4 aliphatic rings. The molecular weight excluding hydrogens is 391 g/mol. The van der Waals surface area contributed by atoms with Crippen LogP contribution in [0.4, 0.5) is 4.39 Å². The highest BCUT2D eigenvalue weighted by Gasteiger charge is 2.74. The molecule has 0 saturated heterocycles. The van der Waals surface area contributed by atoms with Crippen LogP contribution in [-0.2, 0) is 19.1 Å². The Morgan fingerprint density at radius 2 is 2.00 bits per heavy atom. The molecule has 0 spiro atoms. The number of aliphatic hydroxyl groups is 2. The predicted molar refractivity (Wildman–Crippen MR) is 105 cm³/mol. The van der Waals surface area contributed by atoms with Crippen LogP contribution in [0.2, 0.25) is 0 Å². The quantitative estimate of drug-likeness (QED) is 0.670.